The van der Waals surface area contributed by atoms with Crippen LogP contribution in [0.15, 0.2) is 0 Å². The molecule has 0 spiro atoms. The van der Waals surface area contributed by atoms with E-state index in [9.17, 15) is 28.0 Å². The Bertz CT molecular complexity index is 498. The number of carbonyl (C=O) groups is 3. The predicted molar refractivity (Wildman–Crippen MR) is 56.1 cm³/mol. The molecule has 1 aliphatic rings. The molecule has 0 saturated carbocycles. The summed E-state index contributed by atoms with van der Waals surface area (Å²) in [4.78, 5) is 33.8. The van der Waals surface area contributed by atoms with Gasteiger partial charge in [0.15, 0.2) is 11.4 Å². The van der Waals surface area contributed by atoms with Crippen LogP contribution in [0, 0.1) is 0 Å². The fraction of sp³-hybridized carbons (Fsp3) is 0.571. The molecule has 1 unspecified atom stereocenters. The van der Waals surface area contributed by atoms with E-state index in [0.29, 0.717) is 0 Å². The van der Waals surface area contributed by atoms with Crippen molar-refractivity contribution in [2.75, 3.05) is 0 Å². The van der Waals surface area contributed by atoms with Gasteiger partial charge in [0.05, 0.1) is 0 Å². The predicted octanol–water partition coefficient (Wildman–Crippen LogP) is -2.21. The topological polar surface area (TPSA) is 159 Å². The molecule has 1 fully saturated rings. The number of imide groups is 1. The normalized spacial score (nSPS) is 30.5. The molecule has 0 aliphatic carbocycles. The standard InChI is InChI=1S/C7H12N4O6S/c1-7(8)4(12)2-3-5(13)9-6(14)10-18(16,17)11(7)15/h15H,2-3,8H2,1H3,(H2,9,10,13,14). The van der Waals surface area contributed by atoms with E-state index in [2.05, 4.69) is 0 Å². The summed E-state index contributed by atoms with van der Waals surface area (Å²) in [5.74, 6) is -1.71. The summed E-state index contributed by atoms with van der Waals surface area (Å²) in [7, 11) is -4.75. The number of hydroxylamine groups is 1. The number of amides is 3. The van der Waals surface area contributed by atoms with Crippen LogP contribution in [0.25, 0.3) is 0 Å². The van der Waals surface area contributed by atoms with Crippen LogP contribution in [0.4, 0.5) is 4.79 Å². The van der Waals surface area contributed by atoms with Gasteiger partial charge in [-0.1, -0.05) is 0 Å². The highest BCUT2D eigenvalue weighted by molar-refractivity contribution is 7.87. The quantitative estimate of drug-likeness (QED) is 0.391. The van der Waals surface area contributed by atoms with Crippen molar-refractivity contribution in [2.45, 2.75) is 25.4 Å². The molecule has 18 heavy (non-hydrogen) atoms. The Morgan fingerprint density at radius 1 is 1.33 bits per heavy atom. The van der Waals surface area contributed by atoms with Crippen LogP contribution in [0.2, 0.25) is 0 Å². The van der Waals surface area contributed by atoms with Gasteiger partial charge >= 0.3 is 16.2 Å². The molecule has 3 amide bonds. The van der Waals surface area contributed by atoms with Gasteiger partial charge < -0.3 is 5.73 Å². The molecule has 11 heteroatoms. The number of hydrogen-bond acceptors (Lipinski definition) is 7. The molecule has 1 saturated heterocycles. The number of nitrogens with one attached hydrogen (secondary N) is 2. The lowest BCUT2D eigenvalue weighted by molar-refractivity contribution is -0.146. The van der Waals surface area contributed by atoms with Crippen LogP contribution < -0.4 is 15.8 Å². The van der Waals surface area contributed by atoms with E-state index in [4.69, 9.17) is 5.73 Å². The van der Waals surface area contributed by atoms with Gasteiger partial charge in [0.25, 0.3) is 0 Å². The van der Waals surface area contributed by atoms with E-state index in [1.54, 1.807) is 5.32 Å². The van der Waals surface area contributed by atoms with Crippen LogP contribution >= 0.6 is 0 Å². The maximum Gasteiger partial charge on any atom is 0.336 e. The molecule has 10 nitrogen and oxygen atoms in total. The van der Waals surface area contributed by atoms with Crippen molar-refractivity contribution in [3.05, 3.63) is 0 Å². The van der Waals surface area contributed by atoms with Crippen LogP contribution in [-0.4, -0.2) is 41.5 Å². The second-order valence-electron chi connectivity index (χ2n) is 3.80. The highest BCUT2D eigenvalue weighted by atomic mass is 32.2. The fourth-order valence-corrected chi connectivity index (χ4v) is 2.18. The van der Waals surface area contributed by atoms with Gasteiger partial charge in [-0.05, 0) is 11.4 Å². The molecule has 0 radical (unpaired) electrons. The summed E-state index contributed by atoms with van der Waals surface area (Å²) in [6, 6.07) is -1.34. The van der Waals surface area contributed by atoms with Gasteiger partial charge in [-0.25, -0.2) is 9.52 Å². The SMILES string of the molecule is CC1(N)C(=O)CCC(=O)NC(=O)NS(=O)(=O)N1O. The molecule has 102 valence electrons. The van der Waals surface area contributed by atoms with Crippen LogP contribution in [-0.2, 0) is 19.8 Å². The number of urea groups is 1. The third-order valence-corrected chi connectivity index (χ3v) is 3.52. The highest BCUT2D eigenvalue weighted by Crippen LogP contribution is 2.14. The molecular formula is C7H12N4O6S. The summed E-state index contributed by atoms with van der Waals surface area (Å²) in [5.41, 5.74) is 3.11. The molecule has 0 aromatic carbocycles. The molecule has 5 N–H and O–H groups in total. The zero-order valence-corrected chi connectivity index (χ0v) is 10.2. The first kappa shape index (κ1) is 14.5. The van der Waals surface area contributed by atoms with E-state index in [0.717, 1.165) is 6.92 Å². The molecule has 0 aromatic rings. The maximum atomic E-state index is 11.6. The molecule has 1 rings (SSSR count). The van der Waals surface area contributed by atoms with Crippen molar-refractivity contribution in [1.29, 1.82) is 0 Å². The minimum Gasteiger partial charge on any atom is -0.304 e. The van der Waals surface area contributed by atoms with Crippen molar-refractivity contribution < 1.29 is 28.0 Å². The van der Waals surface area contributed by atoms with Crippen LogP contribution in [0.1, 0.15) is 19.8 Å². The van der Waals surface area contributed by atoms with Crippen molar-refractivity contribution in [2.24, 2.45) is 5.73 Å². The Morgan fingerprint density at radius 3 is 2.44 bits per heavy atom. The first-order valence-corrected chi connectivity index (χ1v) is 6.19. The molecule has 1 aliphatic heterocycles. The number of hydrogen-bond donors (Lipinski definition) is 4. The monoisotopic (exact) mass is 280 g/mol. The Labute approximate surface area is 102 Å². The van der Waals surface area contributed by atoms with E-state index in [-0.39, 0.29) is 6.42 Å². The third kappa shape index (κ3) is 2.81. The van der Waals surface area contributed by atoms with Crippen LogP contribution in [0.5, 0.6) is 0 Å². The Hall–Kier alpha value is -1.56. The lowest BCUT2D eigenvalue weighted by Gasteiger charge is -2.30. The van der Waals surface area contributed by atoms with Gasteiger partial charge in [-0.2, -0.15) is 8.42 Å². The van der Waals surface area contributed by atoms with Gasteiger partial charge in [-0.3, -0.25) is 20.1 Å². The zero-order chi connectivity index (χ0) is 14.1. The third-order valence-electron chi connectivity index (χ3n) is 2.24. The summed E-state index contributed by atoms with van der Waals surface area (Å²) in [6.07, 6.45) is -0.772. The van der Waals surface area contributed by atoms with Gasteiger partial charge in [0.1, 0.15) is 0 Å². The van der Waals surface area contributed by atoms with E-state index < -0.39 is 44.5 Å². The first-order valence-electron chi connectivity index (χ1n) is 4.75. The first-order chi connectivity index (χ1) is 8.07. The number of nitrogens with zero attached hydrogens (tertiary/aromatic N) is 1. The Kier molecular flexibility index (Phi) is 3.71. The average molecular weight is 280 g/mol. The second-order valence-corrected chi connectivity index (χ2v) is 5.30. The van der Waals surface area contributed by atoms with Crippen molar-refractivity contribution >= 4 is 27.9 Å². The second kappa shape index (κ2) is 4.61. The van der Waals surface area contributed by atoms with E-state index >= 15 is 0 Å². The largest absolute Gasteiger partial charge is 0.336 e. The van der Waals surface area contributed by atoms with Crippen LogP contribution in [0.3, 0.4) is 0 Å². The fourth-order valence-electron chi connectivity index (χ4n) is 1.21. The summed E-state index contributed by atoms with van der Waals surface area (Å²) >= 11 is 0. The highest BCUT2D eigenvalue weighted by Gasteiger charge is 2.43. The number of ketones is 1. The Morgan fingerprint density at radius 2 is 1.89 bits per heavy atom. The van der Waals surface area contributed by atoms with Crippen molar-refractivity contribution in [3.63, 3.8) is 0 Å². The molecule has 0 bridgehead atoms. The minimum absolute atomic E-state index is 0.354. The number of nitrogens with two attached hydrogens (primary N) is 1. The number of Topliss-reactive ketones (excluding diaryl/α,β-unsaturated/α-hetero) is 1. The average Bonchev–Trinajstić information content (AvgIpc) is 2.22. The molecule has 0 aromatic heterocycles. The van der Waals surface area contributed by atoms with Gasteiger partial charge in [0, 0.05) is 12.8 Å². The van der Waals surface area contributed by atoms with Crippen molar-refractivity contribution in [3.8, 4) is 0 Å². The molecule has 1 heterocycles. The number of carbonyl (C=O) groups excluding carboxylic acids is 3. The van der Waals surface area contributed by atoms with E-state index in [1.807, 2.05) is 0 Å². The zero-order valence-electron chi connectivity index (χ0n) is 9.34. The minimum atomic E-state index is -4.75. The van der Waals surface area contributed by atoms with Crippen molar-refractivity contribution in [1.82, 2.24) is 14.5 Å². The molecule has 1 atom stereocenters. The van der Waals surface area contributed by atoms with E-state index in [1.165, 1.54) is 4.72 Å². The number of rotatable bonds is 0. The maximum absolute atomic E-state index is 11.6. The lowest BCUT2D eigenvalue weighted by atomic mass is 10.0. The smallest absolute Gasteiger partial charge is 0.304 e. The van der Waals surface area contributed by atoms with Gasteiger partial charge in [0.2, 0.25) is 5.91 Å². The molecular weight excluding hydrogens is 268 g/mol. The Balaban J connectivity index is 3.17. The lowest BCUT2D eigenvalue weighted by Crippen LogP contribution is -2.64. The summed E-state index contributed by atoms with van der Waals surface area (Å²) in [6.45, 7) is 0.943. The summed E-state index contributed by atoms with van der Waals surface area (Å²) in [5, 5.41) is 11.1. The van der Waals surface area contributed by atoms with Gasteiger partial charge in [-0.15, -0.1) is 0 Å². The summed E-state index contributed by atoms with van der Waals surface area (Å²) < 4.78 is 23.8.